The predicted octanol–water partition coefficient (Wildman–Crippen LogP) is 3.67. The van der Waals surface area contributed by atoms with Crippen LogP contribution in [0.5, 0.6) is 0 Å². The lowest BCUT2D eigenvalue weighted by atomic mass is 10.1. The summed E-state index contributed by atoms with van der Waals surface area (Å²) in [5.74, 6) is 0.132. The Bertz CT molecular complexity index is 582. The van der Waals surface area contributed by atoms with Gasteiger partial charge >= 0.3 is 0 Å². The minimum absolute atomic E-state index is 0.132. The highest BCUT2D eigenvalue weighted by Gasteiger charge is 2.19. The molecule has 2 aromatic rings. The number of thiophene rings is 1. The minimum Gasteiger partial charge on any atom is -0.354 e. The standard InChI is InChI=1S/C19H27N3OS/c1-3-22(4-2)17(18-10-7-13-24-18)15-21-19(23)11-5-8-16-9-6-12-20-14-16/h6-7,9-10,12-14,17H,3-5,8,11,15H2,1-2H3,(H,21,23). The summed E-state index contributed by atoms with van der Waals surface area (Å²) in [6.07, 6.45) is 5.95. The van der Waals surface area contributed by atoms with Crippen LogP contribution in [0.15, 0.2) is 42.0 Å². The Morgan fingerprint density at radius 2 is 2.12 bits per heavy atom. The first kappa shape index (κ1) is 18.6. The summed E-state index contributed by atoms with van der Waals surface area (Å²) in [5, 5.41) is 5.22. The lowest BCUT2D eigenvalue weighted by Crippen LogP contribution is -2.37. The molecule has 0 aliphatic carbocycles. The molecule has 4 nitrogen and oxygen atoms in total. The molecule has 1 amide bonds. The highest BCUT2D eigenvalue weighted by molar-refractivity contribution is 7.10. The molecule has 2 aromatic heterocycles. The normalized spacial score (nSPS) is 12.3. The van der Waals surface area contributed by atoms with E-state index in [1.54, 1.807) is 17.5 Å². The van der Waals surface area contributed by atoms with Gasteiger partial charge in [-0.1, -0.05) is 26.0 Å². The Labute approximate surface area is 148 Å². The number of hydrogen-bond donors (Lipinski definition) is 1. The van der Waals surface area contributed by atoms with Crippen LogP contribution < -0.4 is 5.32 Å². The molecule has 2 heterocycles. The van der Waals surface area contributed by atoms with Gasteiger partial charge in [-0.15, -0.1) is 11.3 Å². The van der Waals surface area contributed by atoms with E-state index in [0.29, 0.717) is 13.0 Å². The average Bonchev–Trinajstić information content (AvgIpc) is 3.14. The number of nitrogens with zero attached hydrogens (tertiary/aromatic N) is 2. The molecule has 1 unspecified atom stereocenters. The molecule has 5 heteroatoms. The summed E-state index contributed by atoms with van der Waals surface area (Å²) in [7, 11) is 0. The molecule has 0 fully saturated rings. The van der Waals surface area contributed by atoms with Crippen LogP contribution in [-0.4, -0.2) is 35.4 Å². The van der Waals surface area contributed by atoms with Gasteiger partial charge in [-0.05, 0) is 49.0 Å². The van der Waals surface area contributed by atoms with Gasteiger partial charge in [0.25, 0.3) is 0 Å². The van der Waals surface area contributed by atoms with Gasteiger partial charge in [-0.2, -0.15) is 0 Å². The van der Waals surface area contributed by atoms with Crippen molar-refractivity contribution in [1.29, 1.82) is 0 Å². The van der Waals surface area contributed by atoms with Gasteiger partial charge in [0.15, 0.2) is 0 Å². The van der Waals surface area contributed by atoms with E-state index in [-0.39, 0.29) is 11.9 Å². The number of carbonyl (C=O) groups is 1. The van der Waals surface area contributed by atoms with Crippen LogP contribution in [0.25, 0.3) is 0 Å². The Hall–Kier alpha value is -1.72. The van der Waals surface area contributed by atoms with Crippen molar-refractivity contribution < 1.29 is 4.79 Å². The third kappa shape index (κ3) is 5.73. The molecular weight excluding hydrogens is 318 g/mol. The van der Waals surface area contributed by atoms with E-state index in [1.165, 1.54) is 10.4 Å². The van der Waals surface area contributed by atoms with E-state index in [2.05, 4.69) is 52.6 Å². The van der Waals surface area contributed by atoms with Crippen molar-refractivity contribution in [1.82, 2.24) is 15.2 Å². The fourth-order valence-corrected chi connectivity index (χ4v) is 3.71. The first-order chi connectivity index (χ1) is 11.7. The smallest absolute Gasteiger partial charge is 0.220 e. The summed E-state index contributed by atoms with van der Waals surface area (Å²) in [6, 6.07) is 8.49. The molecule has 1 N–H and O–H groups in total. The number of carbonyl (C=O) groups excluding carboxylic acids is 1. The Balaban J connectivity index is 1.79. The van der Waals surface area contributed by atoms with Crippen molar-refractivity contribution in [3.05, 3.63) is 52.5 Å². The number of aromatic nitrogens is 1. The number of rotatable bonds is 10. The minimum atomic E-state index is 0.132. The van der Waals surface area contributed by atoms with Gasteiger partial charge < -0.3 is 5.32 Å². The molecule has 0 bridgehead atoms. The number of aryl methyl sites for hydroxylation is 1. The molecule has 0 aromatic carbocycles. The molecule has 0 aliphatic heterocycles. The second kappa shape index (κ2) is 10.2. The van der Waals surface area contributed by atoms with Gasteiger partial charge in [-0.3, -0.25) is 14.7 Å². The molecule has 0 saturated heterocycles. The third-order valence-electron chi connectivity index (χ3n) is 4.21. The Morgan fingerprint density at radius 1 is 1.29 bits per heavy atom. The van der Waals surface area contributed by atoms with Gasteiger partial charge in [0, 0.05) is 30.2 Å². The zero-order valence-electron chi connectivity index (χ0n) is 14.6. The molecule has 130 valence electrons. The van der Waals surface area contributed by atoms with E-state index < -0.39 is 0 Å². The first-order valence-electron chi connectivity index (χ1n) is 8.67. The van der Waals surface area contributed by atoms with Crippen molar-refractivity contribution >= 4 is 17.2 Å². The fraction of sp³-hybridized carbons (Fsp3) is 0.474. The molecular formula is C19H27N3OS. The second-order valence-electron chi connectivity index (χ2n) is 5.77. The number of hydrogen-bond acceptors (Lipinski definition) is 4. The molecule has 1 atom stereocenters. The molecule has 24 heavy (non-hydrogen) atoms. The van der Waals surface area contributed by atoms with Crippen LogP contribution in [0.2, 0.25) is 0 Å². The number of amides is 1. The second-order valence-corrected chi connectivity index (χ2v) is 6.75. The average molecular weight is 346 g/mol. The molecule has 0 saturated carbocycles. The zero-order chi connectivity index (χ0) is 17.2. The highest BCUT2D eigenvalue weighted by Crippen LogP contribution is 2.24. The summed E-state index contributed by atoms with van der Waals surface area (Å²) in [5.41, 5.74) is 1.19. The monoisotopic (exact) mass is 345 g/mol. The number of likely N-dealkylation sites (N-methyl/N-ethyl adjacent to an activating group) is 1. The molecule has 2 rings (SSSR count). The largest absolute Gasteiger partial charge is 0.354 e. The lowest BCUT2D eigenvalue weighted by molar-refractivity contribution is -0.121. The van der Waals surface area contributed by atoms with Crippen LogP contribution in [0.4, 0.5) is 0 Å². The summed E-state index contributed by atoms with van der Waals surface area (Å²) < 4.78 is 0. The van der Waals surface area contributed by atoms with Crippen molar-refractivity contribution in [3.63, 3.8) is 0 Å². The maximum absolute atomic E-state index is 12.2. The van der Waals surface area contributed by atoms with Crippen LogP contribution >= 0.6 is 11.3 Å². The van der Waals surface area contributed by atoms with Gasteiger partial charge in [0.2, 0.25) is 5.91 Å². The summed E-state index contributed by atoms with van der Waals surface area (Å²) >= 11 is 1.76. The number of nitrogens with one attached hydrogen (secondary N) is 1. The first-order valence-corrected chi connectivity index (χ1v) is 9.55. The van der Waals surface area contributed by atoms with Crippen LogP contribution in [0.3, 0.4) is 0 Å². The summed E-state index contributed by atoms with van der Waals surface area (Å²) in [6.45, 7) is 6.97. The SMILES string of the molecule is CCN(CC)C(CNC(=O)CCCc1cccnc1)c1cccs1. The van der Waals surface area contributed by atoms with Crippen molar-refractivity contribution in [2.24, 2.45) is 0 Å². The fourth-order valence-electron chi connectivity index (χ4n) is 2.85. The van der Waals surface area contributed by atoms with Gasteiger partial charge in [-0.25, -0.2) is 0 Å². The van der Waals surface area contributed by atoms with E-state index in [1.807, 2.05) is 12.3 Å². The quantitative estimate of drug-likeness (QED) is 0.715. The highest BCUT2D eigenvalue weighted by atomic mass is 32.1. The summed E-state index contributed by atoms with van der Waals surface area (Å²) in [4.78, 5) is 20.0. The molecule has 0 radical (unpaired) electrons. The lowest BCUT2D eigenvalue weighted by Gasteiger charge is -2.29. The maximum atomic E-state index is 12.2. The van der Waals surface area contributed by atoms with Crippen LogP contribution in [-0.2, 0) is 11.2 Å². The van der Waals surface area contributed by atoms with E-state index >= 15 is 0 Å². The topological polar surface area (TPSA) is 45.2 Å². The maximum Gasteiger partial charge on any atom is 0.220 e. The van der Waals surface area contributed by atoms with Crippen molar-refractivity contribution in [3.8, 4) is 0 Å². The van der Waals surface area contributed by atoms with Crippen LogP contribution in [0, 0.1) is 0 Å². The molecule has 0 spiro atoms. The zero-order valence-corrected chi connectivity index (χ0v) is 15.4. The van der Waals surface area contributed by atoms with Gasteiger partial charge in [0.1, 0.15) is 0 Å². The van der Waals surface area contributed by atoms with Crippen LogP contribution in [0.1, 0.15) is 43.2 Å². The predicted molar refractivity (Wildman–Crippen MR) is 100 cm³/mol. The Morgan fingerprint density at radius 3 is 2.75 bits per heavy atom. The Kier molecular flexibility index (Phi) is 7.92. The molecule has 0 aliphatic rings. The number of pyridine rings is 1. The van der Waals surface area contributed by atoms with E-state index in [0.717, 1.165) is 25.9 Å². The van der Waals surface area contributed by atoms with Gasteiger partial charge in [0.05, 0.1) is 6.04 Å². The third-order valence-corrected chi connectivity index (χ3v) is 5.18. The van der Waals surface area contributed by atoms with E-state index in [4.69, 9.17) is 0 Å². The van der Waals surface area contributed by atoms with E-state index in [9.17, 15) is 4.79 Å². The van der Waals surface area contributed by atoms with Crippen molar-refractivity contribution in [2.45, 2.75) is 39.2 Å². The van der Waals surface area contributed by atoms with Crippen molar-refractivity contribution in [2.75, 3.05) is 19.6 Å².